The Morgan fingerprint density at radius 3 is 2.70 bits per heavy atom. The van der Waals surface area contributed by atoms with Crippen molar-refractivity contribution < 1.29 is 19.3 Å². The first-order valence-electron chi connectivity index (χ1n) is 8.72. The molecule has 1 N–H and O–H groups in total. The van der Waals surface area contributed by atoms with Gasteiger partial charge in [-0.1, -0.05) is 23.7 Å². The highest BCUT2D eigenvalue weighted by molar-refractivity contribution is 8.18. The Bertz CT molecular complexity index is 1120. The molecule has 8 nitrogen and oxygen atoms in total. The predicted molar refractivity (Wildman–Crippen MR) is 115 cm³/mol. The minimum Gasteiger partial charge on any atom is -0.324 e. The summed E-state index contributed by atoms with van der Waals surface area (Å²) in [6, 6.07) is 9.23. The van der Waals surface area contributed by atoms with Crippen LogP contribution in [-0.2, 0) is 9.59 Å². The van der Waals surface area contributed by atoms with Crippen LogP contribution in [0, 0.1) is 24.0 Å². The molecule has 0 spiro atoms. The Morgan fingerprint density at radius 2 is 2.00 bits per heavy atom. The Hall–Kier alpha value is -3.17. The Morgan fingerprint density at radius 1 is 1.27 bits per heavy atom. The van der Waals surface area contributed by atoms with Gasteiger partial charge < -0.3 is 5.32 Å². The third-order valence-electron chi connectivity index (χ3n) is 4.53. The molecule has 1 heterocycles. The molecule has 0 aromatic heterocycles. The molecule has 154 valence electrons. The van der Waals surface area contributed by atoms with E-state index >= 15 is 0 Å². The number of amides is 3. The van der Waals surface area contributed by atoms with Crippen LogP contribution in [0.15, 0.2) is 41.3 Å². The minimum atomic E-state index is -0.663. The second kappa shape index (κ2) is 8.68. The molecule has 1 fully saturated rings. The van der Waals surface area contributed by atoms with Crippen molar-refractivity contribution in [1.82, 2.24) is 4.90 Å². The summed E-state index contributed by atoms with van der Waals surface area (Å²) in [5.74, 6) is -1.18. The first kappa shape index (κ1) is 21.5. The number of nitrogens with zero attached hydrogens (tertiary/aromatic N) is 2. The van der Waals surface area contributed by atoms with Crippen LogP contribution < -0.4 is 5.32 Å². The number of thioether (sulfide) groups is 1. The lowest BCUT2D eigenvalue weighted by Gasteiger charge is -2.14. The van der Waals surface area contributed by atoms with E-state index in [-0.39, 0.29) is 21.2 Å². The number of non-ortho nitro benzene ring substituents is 1. The molecule has 0 bridgehead atoms. The van der Waals surface area contributed by atoms with E-state index in [1.165, 1.54) is 24.3 Å². The molecule has 2 aromatic rings. The van der Waals surface area contributed by atoms with E-state index in [4.69, 9.17) is 11.6 Å². The number of carbonyl (C=O) groups excluding carboxylic acids is 3. The molecule has 10 heteroatoms. The molecule has 0 unspecified atom stereocenters. The lowest BCUT2D eigenvalue weighted by atomic mass is 10.1. The van der Waals surface area contributed by atoms with Crippen molar-refractivity contribution in [3.05, 3.63) is 73.1 Å². The van der Waals surface area contributed by atoms with Gasteiger partial charge in [0.1, 0.15) is 6.54 Å². The normalized spacial score (nSPS) is 15.0. The molecule has 3 amide bonds. The average molecular weight is 446 g/mol. The van der Waals surface area contributed by atoms with Gasteiger partial charge in [0.25, 0.3) is 16.8 Å². The highest BCUT2D eigenvalue weighted by Gasteiger charge is 2.36. The summed E-state index contributed by atoms with van der Waals surface area (Å²) in [6.07, 6.45) is 1.31. The number of aryl methyl sites for hydroxylation is 1. The number of hydrogen-bond acceptors (Lipinski definition) is 6. The standard InChI is InChI=1S/C20H16ClN3O5S/c1-11-4-3-5-16(12(11)2)22-18(25)10-23-19(26)17(30-20(23)27)9-13-8-14(24(28)29)6-7-15(13)21/h3-9H,10H2,1-2H3,(H,22,25)/b17-9-. The average Bonchev–Trinajstić information content (AvgIpc) is 2.94. The van der Waals surface area contributed by atoms with Gasteiger partial charge in [-0.3, -0.25) is 29.4 Å². The van der Waals surface area contributed by atoms with Gasteiger partial charge in [0, 0.05) is 28.4 Å². The zero-order chi connectivity index (χ0) is 22.0. The van der Waals surface area contributed by atoms with Gasteiger partial charge in [-0.05, 0) is 54.9 Å². The van der Waals surface area contributed by atoms with Crippen LogP contribution >= 0.6 is 23.4 Å². The first-order valence-corrected chi connectivity index (χ1v) is 9.92. The van der Waals surface area contributed by atoms with Crippen LogP contribution in [0.25, 0.3) is 6.08 Å². The summed E-state index contributed by atoms with van der Waals surface area (Å²) >= 11 is 6.70. The van der Waals surface area contributed by atoms with Gasteiger partial charge in [0.05, 0.1) is 9.83 Å². The fraction of sp³-hybridized carbons (Fsp3) is 0.150. The van der Waals surface area contributed by atoms with E-state index in [1.807, 2.05) is 19.9 Å². The van der Waals surface area contributed by atoms with Gasteiger partial charge in [-0.25, -0.2) is 0 Å². The number of hydrogen-bond donors (Lipinski definition) is 1. The third-order valence-corrected chi connectivity index (χ3v) is 5.78. The molecule has 0 radical (unpaired) electrons. The molecule has 1 aliphatic rings. The number of anilines is 1. The van der Waals surface area contributed by atoms with E-state index in [1.54, 1.807) is 12.1 Å². The molecular weight excluding hydrogens is 430 g/mol. The van der Waals surface area contributed by atoms with Gasteiger partial charge in [-0.15, -0.1) is 0 Å². The summed E-state index contributed by atoms with van der Waals surface area (Å²) in [5, 5.41) is 13.2. The van der Waals surface area contributed by atoms with Crippen molar-refractivity contribution in [2.75, 3.05) is 11.9 Å². The monoisotopic (exact) mass is 445 g/mol. The van der Waals surface area contributed by atoms with E-state index in [9.17, 15) is 24.5 Å². The number of nitro groups is 1. The highest BCUT2D eigenvalue weighted by atomic mass is 35.5. The van der Waals surface area contributed by atoms with E-state index < -0.39 is 28.5 Å². The number of rotatable bonds is 5. The summed E-state index contributed by atoms with van der Waals surface area (Å²) < 4.78 is 0. The zero-order valence-electron chi connectivity index (χ0n) is 16.0. The van der Waals surface area contributed by atoms with Crippen LogP contribution in [-0.4, -0.2) is 33.4 Å². The van der Waals surface area contributed by atoms with E-state index in [0.29, 0.717) is 17.4 Å². The van der Waals surface area contributed by atoms with Crippen molar-refractivity contribution >= 4 is 57.9 Å². The predicted octanol–water partition coefficient (Wildman–Crippen LogP) is 4.54. The Balaban J connectivity index is 1.77. The largest absolute Gasteiger partial charge is 0.324 e. The quantitative estimate of drug-likeness (QED) is 0.411. The number of nitro benzene ring substituents is 1. The summed E-state index contributed by atoms with van der Waals surface area (Å²) in [4.78, 5) is 48.5. The van der Waals surface area contributed by atoms with Crippen molar-refractivity contribution in [2.45, 2.75) is 13.8 Å². The van der Waals surface area contributed by atoms with Crippen LogP contribution in [0.4, 0.5) is 16.2 Å². The van der Waals surface area contributed by atoms with E-state index in [2.05, 4.69) is 5.32 Å². The summed E-state index contributed by atoms with van der Waals surface area (Å²) in [5.41, 5.74) is 2.52. The molecule has 3 rings (SSSR count). The van der Waals surface area contributed by atoms with Crippen molar-refractivity contribution in [3.63, 3.8) is 0 Å². The summed E-state index contributed by atoms with van der Waals surface area (Å²) in [6.45, 7) is 3.32. The van der Waals surface area contributed by atoms with Crippen molar-refractivity contribution in [2.24, 2.45) is 0 Å². The number of nitrogens with one attached hydrogen (secondary N) is 1. The number of carbonyl (C=O) groups is 3. The maximum atomic E-state index is 12.6. The molecule has 2 aromatic carbocycles. The van der Waals surface area contributed by atoms with Gasteiger partial charge in [0.15, 0.2) is 0 Å². The molecular formula is C20H16ClN3O5S. The molecule has 30 heavy (non-hydrogen) atoms. The Kier molecular flexibility index (Phi) is 6.23. The SMILES string of the molecule is Cc1cccc(NC(=O)CN2C(=O)S/C(=C\c3cc([N+](=O)[O-])ccc3Cl)C2=O)c1C. The van der Waals surface area contributed by atoms with Crippen molar-refractivity contribution in [1.29, 1.82) is 0 Å². The first-order chi connectivity index (χ1) is 14.2. The molecule has 0 aliphatic carbocycles. The maximum Gasteiger partial charge on any atom is 0.294 e. The maximum absolute atomic E-state index is 12.6. The zero-order valence-corrected chi connectivity index (χ0v) is 17.5. The molecule has 1 aliphatic heterocycles. The fourth-order valence-electron chi connectivity index (χ4n) is 2.75. The van der Waals surface area contributed by atoms with Crippen LogP contribution in [0.5, 0.6) is 0 Å². The number of halogens is 1. The van der Waals surface area contributed by atoms with Crippen molar-refractivity contribution in [3.8, 4) is 0 Å². The van der Waals surface area contributed by atoms with E-state index in [0.717, 1.165) is 16.0 Å². The van der Waals surface area contributed by atoms with Crippen LogP contribution in [0.2, 0.25) is 5.02 Å². The fourth-order valence-corrected chi connectivity index (χ4v) is 3.75. The molecule has 1 saturated heterocycles. The second-order valence-electron chi connectivity index (χ2n) is 6.53. The van der Waals surface area contributed by atoms with Gasteiger partial charge in [-0.2, -0.15) is 0 Å². The Labute approximate surface area is 181 Å². The summed E-state index contributed by atoms with van der Waals surface area (Å²) in [7, 11) is 0. The second-order valence-corrected chi connectivity index (χ2v) is 7.93. The highest BCUT2D eigenvalue weighted by Crippen LogP contribution is 2.34. The molecule has 0 saturated carbocycles. The van der Waals surface area contributed by atoms with Gasteiger partial charge in [0.2, 0.25) is 5.91 Å². The van der Waals surface area contributed by atoms with Crippen LogP contribution in [0.1, 0.15) is 16.7 Å². The lowest BCUT2D eigenvalue weighted by Crippen LogP contribution is -2.36. The number of benzene rings is 2. The van der Waals surface area contributed by atoms with Crippen LogP contribution in [0.3, 0.4) is 0 Å². The third kappa shape index (κ3) is 4.52. The molecule has 0 atom stereocenters. The minimum absolute atomic E-state index is 0.0296. The number of imide groups is 1. The topological polar surface area (TPSA) is 110 Å². The smallest absolute Gasteiger partial charge is 0.294 e. The lowest BCUT2D eigenvalue weighted by molar-refractivity contribution is -0.384. The van der Waals surface area contributed by atoms with Gasteiger partial charge >= 0.3 is 0 Å².